The van der Waals surface area contributed by atoms with Crippen LogP contribution in [0.4, 0.5) is 0 Å². The Bertz CT molecular complexity index is 317. The van der Waals surface area contributed by atoms with Crippen LogP contribution in [-0.4, -0.2) is 38.0 Å². The van der Waals surface area contributed by atoms with Crippen LogP contribution in [0.2, 0.25) is 0 Å². The zero-order valence-corrected chi connectivity index (χ0v) is 8.21. The van der Waals surface area contributed by atoms with Gasteiger partial charge >= 0.3 is 5.97 Å². The Labute approximate surface area is 82.6 Å². The predicted molar refractivity (Wildman–Crippen MR) is 51.4 cm³/mol. The van der Waals surface area contributed by atoms with Gasteiger partial charge in [0.25, 0.3) is 0 Å². The molecule has 0 aromatic rings. The van der Waals surface area contributed by atoms with E-state index in [2.05, 4.69) is 4.99 Å². The SMILES string of the molecule is CCOC(=O)C1=NCC2=C1CCOC2. The molecule has 0 spiro atoms. The van der Waals surface area contributed by atoms with Crippen LogP contribution in [0.25, 0.3) is 0 Å². The normalized spacial score (nSPS) is 20.5. The van der Waals surface area contributed by atoms with Crippen molar-refractivity contribution in [3.8, 4) is 0 Å². The Morgan fingerprint density at radius 1 is 1.64 bits per heavy atom. The van der Waals surface area contributed by atoms with Gasteiger partial charge in [0.15, 0.2) is 0 Å². The van der Waals surface area contributed by atoms with E-state index in [1.54, 1.807) is 6.92 Å². The molecule has 0 radical (unpaired) electrons. The zero-order chi connectivity index (χ0) is 9.97. The van der Waals surface area contributed by atoms with E-state index in [4.69, 9.17) is 9.47 Å². The molecule has 0 aromatic carbocycles. The molecule has 4 heteroatoms. The van der Waals surface area contributed by atoms with Gasteiger partial charge < -0.3 is 9.47 Å². The van der Waals surface area contributed by atoms with Crippen LogP contribution in [0.5, 0.6) is 0 Å². The summed E-state index contributed by atoms with van der Waals surface area (Å²) in [4.78, 5) is 15.7. The first-order valence-corrected chi connectivity index (χ1v) is 4.83. The first-order valence-electron chi connectivity index (χ1n) is 4.83. The van der Waals surface area contributed by atoms with Crippen molar-refractivity contribution >= 4 is 11.7 Å². The maximum atomic E-state index is 11.5. The lowest BCUT2D eigenvalue weighted by molar-refractivity contribution is -0.134. The first-order chi connectivity index (χ1) is 6.83. The van der Waals surface area contributed by atoms with Gasteiger partial charge in [0.05, 0.1) is 26.4 Å². The number of ether oxygens (including phenoxy) is 2. The summed E-state index contributed by atoms with van der Waals surface area (Å²) in [6.45, 7) is 4.09. The van der Waals surface area contributed by atoms with Crippen LogP contribution in [0, 0.1) is 0 Å². The highest BCUT2D eigenvalue weighted by molar-refractivity contribution is 6.44. The number of aliphatic imine (C=N–C) groups is 1. The minimum absolute atomic E-state index is 0.292. The van der Waals surface area contributed by atoms with Crippen molar-refractivity contribution in [3.05, 3.63) is 11.1 Å². The van der Waals surface area contributed by atoms with Gasteiger partial charge in [-0.3, -0.25) is 4.99 Å². The van der Waals surface area contributed by atoms with Gasteiger partial charge in [0, 0.05) is 0 Å². The topological polar surface area (TPSA) is 47.9 Å². The highest BCUT2D eigenvalue weighted by Gasteiger charge is 2.27. The van der Waals surface area contributed by atoms with E-state index in [-0.39, 0.29) is 5.97 Å². The Morgan fingerprint density at radius 3 is 3.29 bits per heavy atom. The molecule has 2 aliphatic rings. The molecule has 0 saturated carbocycles. The Morgan fingerprint density at radius 2 is 2.50 bits per heavy atom. The van der Waals surface area contributed by atoms with Gasteiger partial charge in [0.1, 0.15) is 5.71 Å². The largest absolute Gasteiger partial charge is 0.461 e. The summed E-state index contributed by atoms with van der Waals surface area (Å²) >= 11 is 0. The smallest absolute Gasteiger partial charge is 0.356 e. The standard InChI is InChI=1S/C10H13NO3/c1-2-14-10(12)9-8-3-4-13-6-7(8)5-11-9/h2-6H2,1H3. The summed E-state index contributed by atoms with van der Waals surface area (Å²) in [5.41, 5.74) is 2.71. The van der Waals surface area contributed by atoms with Gasteiger partial charge in [-0.1, -0.05) is 0 Å². The fourth-order valence-corrected chi connectivity index (χ4v) is 1.72. The molecule has 14 heavy (non-hydrogen) atoms. The van der Waals surface area contributed by atoms with E-state index in [0.717, 1.165) is 17.6 Å². The van der Waals surface area contributed by atoms with E-state index >= 15 is 0 Å². The molecule has 0 N–H and O–H groups in total. The lowest BCUT2D eigenvalue weighted by Gasteiger charge is -2.14. The molecule has 2 aliphatic heterocycles. The summed E-state index contributed by atoms with van der Waals surface area (Å²) in [5, 5.41) is 0. The van der Waals surface area contributed by atoms with Crippen LogP contribution in [0.15, 0.2) is 16.1 Å². The Kier molecular flexibility index (Phi) is 2.63. The van der Waals surface area contributed by atoms with Gasteiger partial charge in [-0.2, -0.15) is 0 Å². The highest BCUT2D eigenvalue weighted by Crippen LogP contribution is 2.23. The lowest BCUT2D eigenvalue weighted by Crippen LogP contribution is -2.21. The van der Waals surface area contributed by atoms with Crippen molar-refractivity contribution in [2.75, 3.05) is 26.4 Å². The summed E-state index contributed by atoms with van der Waals surface area (Å²) in [5.74, 6) is -0.292. The minimum atomic E-state index is -0.292. The molecule has 0 aliphatic carbocycles. The van der Waals surface area contributed by atoms with Gasteiger partial charge in [-0.05, 0) is 24.5 Å². The van der Waals surface area contributed by atoms with Crippen molar-refractivity contribution in [2.45, 2.75) is 13.3 Å². The molecule has 0 amide bonds. The number of nitrogens with zero attached hydrogens (tertiary/aromatic N) is 1. The van der Waals surface area contributed by atoms with Crippen molar-refractivity contribution < 1.29 is 14.3 Å². The molecular weight excluding hydrogens is 182 g/mol. The number of esters is 1. The molecule has 0 saturated heterocycles. The van der Waals surface area contributed by atoms with Gasteiger partial charge in [-0.15, -0.1) is 0 Å². The third kappa shape index (κ3) is 1.57. The number of carbonyl (C=O) groups excluding carboxylic acids is 1. The minimum Gasteiger partial charge on any atom is -0.461 e. The van der Waals surface area contributed by atoms with Crippen LogP contribution in [0.1, 0.15) is 13.3 Å². The van der Waals surface area contributed by atoms with Crippen molar-refractivity contribution in [2.24, 2.45) is 4.99 Å². The van der Waals surface area contributed by atoms with Crippen molar-refractivity contribution in [1.29, 1.82) is 0 Å². The number of carbonyl (C=O) groups is 1. The summed E-state index contributed by atoms with van der Waals surface area (Å²) in [6, 6.07) is 0. The molecule has 2 heterocycles. The monoisotopic (exact) mass is 195 g/mol. The molecule has 2 rings (SSSR count). The molecular formula is C10H13NO3. The zero-order valence-electron chi connectivity index (χ0n) is 8.21. The third-order valence-corrected chi connectivity index (χ3v) is 2.38. The summed E-state index contributed by atoms with van der Waals surface area (Å²) < 4.78 is 10.2. The Balaban J connectivity index is 2.14. The van der Waals surface area contributed by atoms with E-state index < -0.39 is 0 Å². The van der Waals surface area contributed by atoms with Crippen LogP contribution >= 0.6 is 0 Å². The molecule has 4 nitrogen and oxygen atoms in total. The third-order valence-electron chi connectivity index (χ3n) is 2.38. The molecule has 76 valence electrons. The Hall–Kier alpha value is -1.16. The van der Waals surface area contributed by atoms with Crippen molar-refractivity contribution in [3.63, 3.8) is 0 Å². The van der Waals surface area contributed by atoms with Gasteiger partial charge in [0.2, 0.25) is 0 Å². The first kappa shape index (κ1) is 9.40. The highest BCUT2D eigenvalue weighted by atomic mass is 16.5. The van der Waals surface area contributed by atoms with E-state index in [1.807, 2.05) is 0 Å². The molecule has 0 bridgehead atoms. The molecule has 0 aromatic heterocycles. The molecule has 0 unspecified atom stereocenters. The second-order valence-corrected chi connectivity index (χ2v) is 3.27. The van der Waals surface area contributed by atoms with Gasteiger partial charge in [-0.25, -0.2) is 4.79 Å². The number of rotatable bonds is 2. The quantitative estimate of drug-likeness (QED) is 0.610. The molecule has 0 fully saturated rings. The second kappa shape index (κ2) is 3.92. The van der Waals surface area contributed by atoms with E-state index in [1.165, 1.54) is 0 Å². The second-order valence-electron chi connectivity index (χ2n) is 3.27. The average Bonchev–Trinajstić information content (AvgIpc) is 2.61. The summed E-state index contributed by atoms with van der Waals surface area (Å²) in [7, 11) is 0. The summed E-state index contributed by atoms with van der Waals surface area (Å²) in [6.07, 6.45) is 0.785. The maximum Gasteiger partial charge on any atom is 0.356 e. The van der Waals surface area contributed by atoms with E-state index in [0.29, 0.717) is 32.1 Å². The lowest BCUT2D eigenvalue weighted by atomic mass is 10.0. The molecule has 0 atom stereocenters. The fraction of sp³-hybridized carbons (Fsp3) is 0.600. The maximum absolute atomic E-state index is 11.5. The fourth-order valence-electron chi connectivity index (χ4n) is 1.72. The number of hydrogen-bond acceptors (Lipinski definition) is 4. The predicted octanol–water partition coefficient (Wildman–Crippen LogP) is 0.721. The van der Waals surface area contributed by atoms with E-state index in [9.17, 15) is 4.79 Å². The van der Waals surface area contributed by atoms with Crippen LogP contribution in [0.3, 0.4) is 0 Å². The number of hydrogen-bond donors (Lipinski definition) is 0. The van der Waals surface area contributed by atoms with Crippen molar-refractivity contribution in [1.82, 2.24) is 0 Å². The van der Waals surface area contributed by atoms with Crippen LogP contribution in [-0.2, 0) is 14.3 Å². The van der Waals surface area contributed by atoms with Crippen LogP contribution < -0.4 is 0 Å². The average molecular weight is 195 g/mol.